The molecule has 25 heavy (non-hydrogen) atoms. The van der Waals surface area contributed by atoms with Crippen LogP contribution in [-0.4, -0.2) is 67.7 Å². The third-order valence-corrected chi connectivity index (χ3v) is 5.66. The average Bonchev–Trinajstić information content (AvgIpc) is 3.14. The lowest BCUT2D eigenvalue weighted by Crippen LogP contribution is -2.53. The highest BCUT2D eigenvalue weighted by atomic mass is 16.5. The molecular formula is C20H28N2O3. The molecule has 1 aromatic rings. The van der Waals surface area contributed by atoms with Crippen molar-refractivity contribution in [2.45, 2.75) is 38.1 Å². The SMILES string of the molecule is O=C([C@@H]1CCCCN1CCc1ccc2c(c1)CCO2)N1CCOCC1. The van der Waals surface area contributed by atoms with Crippen molar-refractivity contribution in [3.63, 3.8) is 0 Å². The third-order valence-electron chi connectivity index (χ3n) is 5.66. The molecule has 1 amide bonds. The smallest absolute Gasteiger partial charge is 0.240 e. The van der Waals surface area contributed by atoms with Crippen LogP contribution in [0, 0.1) is 0 Å². The fourth-order valence-corrected chi connectivity index (χ4v) is 4.20. The Kier molecular flexibility index (Phi) is 5.22. The largest absolute Gasteiger partial charge is 0.493 e. The van der Waals surface area contributed by atoms with E-state index in [-0.39, 0.29) is 6.04 Å². The number of hydrogen-bond donors (Lipinski definition) is 0. The molecule has 136 valence electrons. The van der Waals surface area contributed by atoms with Gasteiger partial charge in [0.05, 0.1) is 25.9 Å². The van der Waals surface area contributed by atoms with Crippen LogP contribution in [0.2, 0.25) is 0 Å². The first-order valence-electron chi connectivity index (χ1n) is 9.66. The molecule has 4 rings (SSSR count). The van der Waals surface area contributed by atoms with E-state index in [4.69, 9.17) is 9.47 Å². The summed E-state index contributed by atoms with van der Waals surface area (Å²) in [7, 11) is 0. The summed E-state index contributed by atoms with van der Waals surface area (Å²) < 4.78 is 11.0. The summed E-state index contributed by atoms with van der Waals surface area (Å²) in [6.45, 7) is 5.64. The van der Waals surface area contributed by atoms with E-state index in [2.05, 4.69) is 23.1 Å². The van der Waals surface area contributed by atoms with Gasteiger partial charge in [0.2, 0.25) is 5.91 Å². The van der Waals surface area contributed by atoms with Crippen LogP contribution >= 0.6 is 0 Å². The predicted octanol–water partition coefficient (Wildman–Crippen LogP) is 1.88. The Morgan fingerprint density at radius 2 is 2.00 bits per heavy atom. The van der Waals surface area contributed by atoms with E-state index < -0.39 is 0 Å². The molecule has 5 nitrogen and oxygen atoms in total. The van der Waals surface area contributed by atoms with Crippen LogP contribution in [-0.2, 0) is 22.4 Å². The molecule has 2 saturated heterocycles. The first-order chi connectivity index (χ1) is 12.3. The molecule has 2 fully saturated rings. The van der Waals surface area contributed by atoms with Gasteiger partial charge < -0.3 is 14.4 Å². The number of hydrogen-bond acceptors (Lipinski definition) is 4. The minimum absolute atomic E-state index is 0.0598. The van der Waals surface area contributed by atoms with Gasteiger partial charge in [-0.3, -0.25) is 9.69 Å². The van der Waals surface area contributed by atoms with Gasteiger partial charge in [0, 0.05) is 26.1 Å². The van der Waals surface area contributed by atoms with Crippen molar-refractivity contribution in [3.05, 3.63) is 29.3 Å². The number of carbonyl (C=O) groups is 1. The second kappa shape index (κ2) is 7.75. The van der Waals surface area contributed by atoms with E-state index in [0.29, 0.717) is 19.1 Å². The molecule has 1 aromatic carbocycles. The first kappa shape index (κ1) is 16.9. The number of fused-ring (bicyclic) bond motifs is 1. The lowest BCUT2D eigenvalue weighted by atomic mass is 9.99. The number of likely N-dealkylation sites (tertiary alicyclic amines) is 1. The Labute approximate surface area is 149 Å². The zero-order valence-corrected chi connectivity index (χ0v) is 14.9. The molecule has 1 atom stereocenters. The van der Waals surface area contributed by atoms with Crippen LogP contribution in [0.1, 0.15) is 30.4 Å². The van der Waals surface area contributed by atoms with Crippen molar-refractivity contribution in [2.24, 2.45) is 0 Å². The first-order valence-corrected chi connectivity index (χ1v) is 9.66. The topological polar surface area (TPSA) is 42.0 Å². The van der Waals surface area contributed by atoms with E-state index in [9.17, 15) is 4.79 Å². The number of benzene rings is 1. The number of rotatable bonds is 4. The molecule has 0 aromatic heterocycles. The minimum atomic E-state index is 0.0598. The van der Waals surface area contributed by atoms with Crippen LogP contribution in [0.3, 0.4) is 0 Å². The van der Waals surface area contributed by atoms with Gasteiger partial charge in [-0.05, 0) is 43.0 Å². The van der Waals surface area contributed by atoms with E-state index in [1.54, 1.807) is 0 Å². The van der Waals surface area contributed by atoms with Crippen LogP contribution in [0.25, 0.3) is 0 Å². The van der Waals surface area contributed by atoms with Crippen molar-refractivity contribution in [3.8, 4) is 5.75 Å². The van der Waals surface area contributed by atoms with Crippen LogP contribution < -0.4 is 4.74 Å². The Hall–Kier alpha value is -1.59. The lowest BCUT2D eigenvalue weighted by molar-refractivity contribution is -0.142. The standard InChI is InChI=1S/C20H28N2O3/c23-20(22-10-13-24-14-11-22)18-3-1-2-8-21(18)9-6-16-4-5-19-17(15-16)7-12-25-19/h4-5,15,18H,1-3,6-14H2/t18-/m0/s1. The molecule has 0 aliphatic carbocycles. The highest BCUT2D eigenvalue weighted by Gasteiger charge is 2.32. The zero-order chi connectivity index (χ0) is 17.1. The molecule has 0 spiro atoms. The maximum Gasteiger partial charge on any atom is 0.240 e. The molecule has 0 saturated carbocycles. The van der Waals surface area contributed by atoms with Crippen molar-refractivity contribution < 1.29 is 14.3 Å². The summed E-state index contributed by atoms with van der Waals surface area (Å²) in [5.74, 6) is 1.35. The van der Waals surface area contributed by atoms with Gasteiger partial charge in [-0.1, -0.05) is 18.6 Å². The molecule has 0 radical (unpaired) electrons. The highest BCUT2D eigenvalue weighted by Crippen LogP contribution is 2.26. The summed E-state index contributed by atoms with van der Waals surface area (Å²) in [6.07, 6.45) is 5.37. The zero-order valence-electron chi connectivity index (χ0n) is 14.9. The van der Waals surface area contributed by atoms with Crippen molar-refractivity contribution in [1.82, 2.24) is 9.80 Å². The maximum atomic E-state index is 12.9. The van der Waals surface area contributed by atoms with E-state index in [0.717, 1.165) is 64.2 Å². The highest BCUT2D eigenvalue weighted by molar-refractivity contribution is 5.82. The molecule has 3 aliphatic rings. The Balaban J connectivity index is 1.38. The molecule has 0 bridgehead atoms. The number of amides is 1. The average molecular weight is 344 g/mol. The number of carbonyl (C=O) groups excluding carboxylic acids is 1. The van der Waals surface area contributed by atoms with Crippen LogP contribution in [0.15, 0.2) is 18.2 Å². The molecular weight excluding hydrogens is 316 g/mol. The fraction of sp³-hybridized carbons (Fsp3) is 0.650. The summed E-state index contributed by atoms with van der Waals surface area (Å²) in [5, 5.41) is 0. The van der Waals surface area contributed by atoms with Gasteiger partial charge in [0.25, 0.3) is 0 Å². The van der Waals surface area contributed by atoms with E-state index >= 15 is 0 Å². The van der Waals surface area contributed by atoms with Gasteiger partial charge in [0.15, 0.2) is 0 Å². The fourth-order valence-electron chi connectivity index (χ4n) is 4.20. The number of piperidine rings is 1. The van der Waals surface area contributed by atoms with Crippen molar-refractivity contribution in [1.29, 1.82) is 0 Å². The lowest BCUT2D eigenvalue weighted by Gasteiger charge is -2.38. The molecule has 0 unspecified atom stereocenters. The van der Waals surface area contributed by atoms with Gasteiger partial charge in [-0.2, -0.15) is 0 Å². The molecule has 3 aliphatic heterocycles. The predicted molar refractivity (Wildman–Crippen MR) is 96.0 cm³/mol. The monoisotopic (exact) mass is 344 g/mol. The van der Waals surface area contributed by atoms with Crippen molar-refractivity contribution >= 4 is 5.91 Å². The van der Waals surface area contributed by atoms with Crippen molar-refractivity contribution in [2.75, 3.05) is 46.0 Å². The second-order valence-electron chi connectivity index (χ2n) is 7.28. The molecule has 5 heteroatoms. The summed E-state index contributed by atoms with van der Waals surface area (Å²) in [5.41, 5.74) is 2.68. The Bertz CT molecular complexity index is 613. The van der Waals surface area contributed by atoms with E-state index in [1.807, 2.05) is 4.90 Å². The van der Waals surface area contributed by atoms with Crippen LogP contribution in [0.4, 0.5) is 0 Å². The molecule has 0 N–H and O–H groups in total. The Morgan fingerprint density at radius 1 is 1.12 bits per heavy atom. The van der Waals surface area contributed by atoms with Gasteiger partial charge in [0.1, 0.15) is 5.75 Å². The van der Waals surface area contributed by atoms with Gasteiger partial charge >= 0.3 is 0 Å². The number of nitrogens with zero attached hydrogens (tertiary/aromatic N) is 2. The third kappa shape index (κ3) is 3.82. The number of ether oxygens (including phenoxy) is 2. The Morgan fingerprint density at radius 3 is 2.88 bits per heavy atom. The quantitative estimate of drug-likeness (QED) is 0.836. The van der Waals surface area contributed by atoms with Gasteiger partial charge in [-0.25, -0.2) is 0 Å². The molecule has 3 heterocycles. The summed E-state index contributed by atoms with van der Waals surface area (Å²) in [4.78, 5) is 17.3. The summed E-state index contributed by atoms with van der Waals surface area (Å²) >= 11 is 0. The number of morpholine rings is 1. The van der Waals surface area contributed by atoms with Crippen LogP contribution in [0.5, 0.6) is 5.75 Å². The second-order valence-corrected chi connectivity index (χ2v) is 7.28. The normalized spacial score (nSPS) is 24.0. The summed E-state index contributed by atoms with van der Waals surface area (Å²) in [6, 6.07) is 6.62. The minimum Gasteiger partial charge on any atom is -0.493 e. The van der Waals surface area contributed by atoms with Gasteiger partial charge in [-0.15, -0.1) is 0 Å². The maximum absolute atomic E-state index is 12.9. The van der Waals surface area contributed by atoms with E-state index in [1.165, 1.54) is 17.5 Å².